The highest BCUT2D eigenvalue weighted by Crippen LogP contribution is 2.24. The van der Waals surface area contributed by atoms with Gasteiger partial charge in [0.2, 0.25) is 0 Å². The first-order valence-corrected chi connectivity index (χ1v) is 6.73. The Morgan fingerprint density at radius 3 is 2.85 bits per heavy atom. The van der Waals surface area contributed by atoms with Crippen LogP contribution in [-0.2, 0) is 9.53 Å². The van der Waals surface area contributed by atoms with E-state index in [1.54, 1.807) is 0 Å². The van der Waals surface area contributed by atoms with Crippen molar-refractivity contribution in [1.82, 2.24) is 0 Å². The number of rotatable bonds is 4. The standard InChI is InChI=1S/C15H20N2O3/c1-4-19-14-8-6-5-7-11(14)16-17-12-10-20-15(2,3)9-13(12)18/h5-8,16H,4,9-10H2,1-3H3/b17-12+. The first-order chi connectivity index (χ1) is 9.52. The highest BCUT2D eigenvalue weighted by atomic mass is 16.5. The predicted molar refractivity (Wildman–Crippen MR) is 78.3 cm³/mol. The van der Waals surface area contributed by atoms with Crippen molar-refractivity contribution in [2.24, 2.45) is 5.10 Å². The fourth-order valence-electron chi connectivity index (χ4n) is 1.95. The van der Waals surface area contributed by atoms with E-state index in [4.69, 9.17) is 9.47 Å². The van der Waals surface area contributed by atoms with Crippen LogP contribution in [0.5, 0.6) is 5.75 Å². The van der Waals surface area contributed by atoms with Crippen molar-refractivity contribution in [2.45, 2.75) is 32.8 Å². The van der Waals surface area contributed by atoms with E-state index in [9.17, 15) is 4.79 Å². The highest BCUT2D eigenvalue weighted by molar-refractivity contribution is 6.41. The molecule has 1 aromatic rings. The second-order valence-corrected chi connectivity index (χ2v) is 5.25. The molecule has 1 fully saturated rings. The lowest BCUT2D eigenvalue weighted by Gasteiger charge is -2.29. The van der Waals surface area contributed by atoms with Crippen LogP contribution in [0.25, 0.3) is 0 Å². The number of benzene rings is 1. The average molecular weight is 276 g/mol. The number of nitrogens with one attached hydrogen (secondary N) is 1. The molecule has 20 heavy (non-hydrogen) atoms. The number of hydrazone groups is 1. The first-order valence-electron chi connectivity index (χ1n) is 6.73. The summed E-state index contributed by atoms with van der Waals surface area (Å²) in [4.78, 5) is 12.0. The molecule has 0 radical (unpaired) electrons. The minimum atomic E-state index is -0.403. The maximum Gasteiger partial charge on any atom is 0.184 e. The van der Waals surface area contributed by atoms with Crippen molar-refractivity contribution in [3.8, 4) is 5.75 Å². The normalized spacial score (nSPS) is 19.9. The van der Waals surface area contributed by atoms with Gasteiger partial charge in [0, 0.05) is 6.42 Å². The third kappa shape index (κ3) is 3.57. The molecule has 0 atom stereocenters. The lowest BCUT2D eigenvalue weighted by atomic mass is 9.96. The topological polar surface area (TPSA) is 59.9 Å². The third-order valence-corrected chi connectivity index (χ3v) is 3.01. The van der Waals surface area contributed by atoms with E-state index in [2.05, 4.69) is 10.5 Å². The van der Waals surface area contributed by atoms with Crippen molar-refractivity contribution >= 4 is 17.2 Å². The minimum Gasteiger partial charge on any atom is -0.492 e. The van der Waals surface area contributed by atoms with E-state index < -0.39 is 5.60 Å². The molecule has 1 N–H and O–H groups in total. The molecule has 0 spiro atoms. The predicted octanol–water partition coefficient (Wildman–Crippen LogP) is 2.62. The van der Waals surface area contributed by atoms with E-state index in [0.717, 1.165) is 5.69 Å². The first kappa shape index (κ1) is 14.5. The van der Waals surface area contributed by atoms with Crippen LogP contribution in [0.1, 0.15) is 27.2 Å². The average Bonchev–Trinajstić information content (AvgIpc) is 2.39. The van der Waals surface area contributed by atoms with Crippen LogP contribution in [0.15, 0.2) is 29.4 Å². The molecule has 0 amide bonds. The summed E-state index contributed by atoms with van der Waals surface area (Å²) in [7, 11) is 0. The molecule has 0 aliphatic carbocycles. The molecule has 108 valence electrons. The summed E-state index contributed by atoms with van der Waals surface area (Å²) in [6, 6.07) is 7.48. The summed E-state index contributed by atoms with van der Waals surface area (Å²) in [6.07, 6.45) is 0.348. The molecule has 1 aromatic carbocycles. The smallest absolute Gasteiger partial charge is 0.184 e. The molecule has 5 nitrogen and oxygen atoms in total. The Morgan fingerprint density at radius 2 is 2.15 bits per heavy atom. The van der Waals surface area contributed by atoms with E-state index >= 15 is 0 Å². The van der Waals surface area contributed by atoms with Gasteiger partial charge in [-0.1, -0.05) is 12.1 Å². The van der Waals surface area contributed by atoms with E-state index in [1.807, 2.05) is 45.0 Å². The maximum absolute atomic E-state index is 12.0. The van der Waals surface area contributed by atoms with Gasteiger partial charge in [0.1, 0.15) is 11.5 Å². The number of nitrogens with zero attached hydrogens (tertiary/aromatic N) is 1. The molecule has 5 heteroatoms. The molecule has 1 saturated heterocycles. The van der Waals surface area contributed by atoms with Crippen molar-refractivity contribution in [1.29, 1.82) is 0 Å². The Labute approximate surface area is 119 Å². The second-order valence-electron chi connectivity index (χ2n) is 5.25. The van der Waals surface area contributed by atoms with Gasteiger partial charge in [0.25, 0.3) is 0 Å². The molecule has 2 rings (SSSR count). The Hall–Kier alpha value is -1.88. The number of carbonyl (C=O) groups is 1. The fourth-order valence-corrected chi connectivity index (χ4v) is 1.95. The van der Waals surface area contributed by atoms with E-state index in [0.29, 0.717) is 24.5 Å². The zero-order valence-electron chi connectivity index (χ0n) is 12.1. The summed E-state index contributed by atoms with van der Waals surface area (Å²) in [5.41, 5.74) is 3.63. The zero-order chi connectivity index (χ0) is 14.6. The van der Waals surface area contributed by atoms with Gasteiger partial charge in [-0.2, -0.15) is 5.10 Å². The lowest BCUT2D eigenvalue weighted by molar-refractivity contribution is -0.122. The molecule has 0 aromatic heterocycles. The quantitative estimate of drug-likeness (QED) is 0.859. The third-order valence-electron chi connectivity index (χ3n) is 3.01. The summed E-state index contributed by atoms with van der Waals surface area (Å²) in [6.45, 7) is 6.53. The molecule has 0 bridgehead atoms. The monoisotopic (exact) mass is 276 g/mol. The number of carbonyl (C=O) groups excluding carboxylic acids is 1. The second kappa shape index (κ2) is 6.05. The highest BCUT2D eigenvalue weighted by Gasteiger charge is 2.31. The molecular formula is C15H20N2O3. The van der Waals surface area contributed by atoms with Crippen LogP contribution >= 0.6 is 0 Å². The number of para-hydroxylation sites is 2. The minimum absolute atomic E-state index is 0.0163. The van der Waals surface area contributed by atoms with Gasteiger partial charge in [-0.15, -0.1) is 0 Å². The van der Waals surface area contributed by atoms with Crippen LogP contribution in [0.3, 0.4) is 0 Å². The van der Waals surface area contributed by atoms with Gasteiger partial charge in [0.05, 0.1) is 24.5 Å². The Morgan fingerprint density at radius 1 is 1.40 bits per heavy atom. The number of hydrogen-bond donors (Lipinski definition) is 1. The number of anilines is 1. The van der Waals surface area contributed by atoms with Crippen molar-refractivity contribution < 1.29 is 14.3 Å². The van der Waals surface area contributed by atoms with Gasteiger partial charge < -0.3 is 9.47 Å². The Bertz CT molecular complexity index is 524. The molecule has 0 saturated carbocycles. The van der Waals surface area contributed by atoms with Crippen LogP contribution in [0.2, 0.25) is 0 Å². The summed E-state index contributed by atoms with van der Waals surface area (Å²) in [5, 5.41) is 4.16. The van der Waals surface area contributed by atoms with Gasteiger partial charge >= 0.3 is 0 Å². The van der Waals surface area contributed by atoms with E-state index in [1.165, 1.54) is 0 Å². The number of hydrogen-bond acceptors (Lipinski definition) is 5. The fraction of sp³-hybridized carbons (Fsp3) is 0.467. The summed E-state index contributed by atoms with van der Waals surface area (Å²) >= 11 is 0. The largest absolute Gasteiger partial charge is 0.492 e. The van der Waals surface area contributed by atoms with Gasteiger partial charge in [0.15, 0.2) is 5.78 Å². The molecular weight excluding hydrogens is 256 g/mol. The van der Waals surface area contributed by atoms with Crippen LogP contribution in [0, 0.1) is 0 Å². The zero-order valence-corrected chi connectivity index (χ0v) is 12.1. The van der Waals surface area contributed by atoms with Crippen LogP contribution in [-0.4, -0.2) is 30.3 Å². The van der Waals surface area contributed by atoms with E-state index in [-0.39, 0.29) is 12.4 Å². The molecule has 1 aliphatic heterocycles. The van der Waals surface area contributed by atoms with Crippen molar-refractivity contribution in [3.63, 3.8) is 0 Å². The number of ether oxygens (including phenoxy) is 2. The van der Waals surface area contributed by atoms with Crippen LogP contribution in [0.4, 0.5) is 5.69 Å². The number of ketones is 1. The van der Waals surface area contributed by atoms with Gasteiger partial charge in [-0.3, -0.25) is 10.2 Å². The van der Waals surface area contributed by atoms with Gasteiger partial charge in [-0.05, 0) is 32.9 Å². The summed E-state index contributed by atoms with van der Waals surface area (Å²) < 4.78 is 11.1. The van der Waals surface area contributed by atoms with Crippen molar-refractivity contribution in [2.75, 3.05) is 18.6 Å². The SMILES string of the molecule is CCOc1ccccc1N/N=C1\COC(C)(C)CC1=O. The van der Waals surface area contributed by atoms with Crippen molar-refractivity contribution in [3.05, 3.63) is 24.3 Å². The molecule has 0 unspecified atom stereocenters. The van der Waals surface area contributed by atoms with Gasteiger partial charge in [-0.25, -0.2) is 0 Å². The Balaban J connectivity index is 2.08. The Kier molecular flexibility index (Phi) is 4.39. The van der Waals surface area contributed by atoms with Crippen LogP contribution < -0.4 is 10.2 Å². The number of Topliss-reactive ketones (excluding diaryl/α,β-unsaturated/α-hetero) is 1. The molecule has 1 aliphatic rings. The lowest BCUT2D eigenvalue weighted by Crippen LogP contribution is -2.40. The maximum atomic E-state index is 12.0. The molecule has 1 heterocycles. The summed E-state index contributed by atoms with van der Waals surface area (Å²) in [5.74, 6) is 0.728.